The van der Waals surface area contributed by atoms with Crippen molar-refractivity contribution in [2.45, 2.75) is 6.54 Å². The minimum Gasteiger partial charge on any atom is -0.497 e. The van der Waals surface area contributed by atoms with Crippen LogP contribution in [0.15, 0.2) is 66.0 Å². The highest BCUT2D eigenvalue weighted by Gasteiger charge is 2.16. The average Bonchev–Trinajstić information content (AvgIpc) is 3.24. The molecule has 0 aliphatic carbocycles. The van der Waals surface area contributed by atoms with Crippen molar-refractivity contribution in [1.82, 2.24) is 5.32 Å². The van der Waals surface area contributed by atoms with Gasteiger partial charge in [0, 0.05) is 16.5 Å². The second-order valence-corrected chi connectivity index (χ2v) is 6.73. The smallest absolute Gasteiger partial charge is 0.258 e. The van der Waals surface area contributed by atoms with Gasteiger partial charge in [-0.3, -0.25) is 9.59 Å². The lowest BCUT2D eigenvalue weighted by atomic mass is 10.0. The van der Waals surface area contributed by atoms with Gasteiger partial charge >= 0.3 is 0 Å². The van der Waals surface area contributed by atoms with Gasteiger partial charge in [-0.2, -0.15) is 0 Å². The zero-order valence-electron chi connectivity index (χ0n) is 14.8. The van der Waals surface area contributed by atoms with Crippen LogP contribution in [-0.2, 0) is 11.3 Å². The largest absolute Gasteiger partial charge is 0.497 e. The number of rotatable bonds is 8. The summed E-state index contributed by atoms with van der Waals surface area (Å²) in [5.41, 5.74) is 0.933. The first-order valence-corrected chi connectivity index (χ1v) is 9.25. The van der Waals surface area contributed by atoms with Crippen LogP contribution in [-0.4, -0.2) is 25.4 Å². The number of methoxy groups -OCH3 is 1. The van der Waals surface area contributed by atoms with Crippen LogP contribution >= 0.6 is 11.3 Å². The maximum atomic E-state index is 12.8. The number of ether oxygens (including phenoxy) is 2. The fourth-order valence-corrected chi connectivity index (χ4v) is 3.12. The molecule has 0 unspecified atom stereocenters. The van der Waals surface area contributed by atoms with Crippen LogP contribution in [0.2, 0.25) is 0 Å². The zero-order chi connectivity index (χ0) is 19.1. The molecule has 1 N–H and O–H groups in total. The molecule has 0 saturated heterocycles. The van der Waals surface area contributed by atoms with Gasteiger partial charge in [0.25, 0.3) is 5.91 Å². The van der Waals surface area contributed by atoms with E-state index in [0.29, 0.717) is 29.2 Å². The van der Waals surface area contributed by atoms with Crippen LogP contribution in [0.4, 0.5) is 0 Å². The first kappa shape index (κ1) is 18.7. The summed E-state index contributed by atoms with van der Waals surface area (Å²) < 4.78 is 10.9. The number of benzene rings is 2. The molecule has 5 nitrogen and oxygen atoms in total. The fraction of sp³-hybridized carbons (Fsp3) is 0.143. The van der Waals surface area contributed by atoms with Crippen molar-refractivity contribution in [1.29, 1.82) is 0 Å². The first-order valence-electron chi connectivity index (χ1n) is 8.37. The minimum absolute atomic E-state index is 0.174. The number of nitrogens with one attached hydrogen (secondary N) is 1. The van der Waals surface area contributed by atoms with Crippen LogP contribution < -0.4 is 14.8 Å². The minimum atomic E-state index is -0.260. The van der Waals surface area contributed by atoms with Crippen LogP contribution in [0.3, 0.4) is 0 Å². The molecule has 1 aromatic heterocycles. The first-order chi connectivity index (χ1) is 13.2. The van der Waals surface area contributed by atoms with E-state index < -0.39 is 0 Å². The van der Waals surface area contributed by atoms with E-state index in [1.54, 1.807) is 53.8 Å². The number of carbonyl (C=O) groups is 2. The van der Waals surface area contributed by atoms with E-state index in [9.17, 15) is 9.59 Å². The lowest BCUT2D eigenvalue weighted by Gasteiger charge is -2.12. The van der Waals surface area contributed by atoms with Gasteiger partial charge in [-0.25, -0.2) is 0 Å². The normalized spacial score (nSPS) is 10.3. The number of hydrogen-bond donors (Lipinski definition) is 1. The molecular formula is C21H19NO4S. The van der Waals surface area contributed by atoms with Gasteiger partial charge in [0.05, 0.1) is 19.2 Å². The molecule has 3 aromatic rings. The van der Waals surface area contributed by atoms with Crippen molar-refractivity contribution in [3.05, 3.63) is 82.0 Å². The summed E-state index contributed by atoms with van der Waals surface area (Å²) in [6.07, 6.45) is 0. The van der Waals surface area contributed by atoms with Gasteiger partial charge in [-0.15, -0.1) is 11.3 Å². The zero-order valence-corrected chi connectivity index (χ0v) is 15.6. The number of ketones is 1. The van der Waals surface area contributed by atoms with Crippen molar-refractivity contribution >= 4 is 23.0 Å². The molecule has 6 heteroatoms. The van der Waals surface area contributed by atoms with Crippen molar-refractivity contribution in [3.63, 3.8) is 0 Å². The molecular weight excluding hydrogens is 362 g/mol. The Morgan fingerprint density at radius 1 is 1.04 bits per heavy atom. The summed E-state index contributed by atoms with van der Waals surface area (Å²) in [4.78, 5) is 25.9. The molecule has 0 bridgehead atoms. The quantitative estimate of drug-likeness (QED) is 0.605. The van der Waals surface area contributed by atoms with Gasteiger partial charge in [-0.1, -0.05) is 36.4 Å². The van der Waals surface area contributed by atoms with Crippen molar-refractivity contribution in [3.8, 4) is 11.5 Å². The summed E-state index contributed by atoms with van der Waals surface area (Å²) in [6.45, 7) is 0.265. The average molecular weight is 381 g/mol. The Morgan fingerprint density at radius 3 is 2.56 bits per heavy atom. The predicted molar refractivity (Wildman–Crippen MR) is 105 cm³/mol. The van der Waals surface area contributed by atoms with E-state index >= 15 is 0 Å². The maximum absolute atomic E-state index is 12.8. The Bertz CT molecular complexity index is 907. The molecule has 0 spiro atoms. The lowest BCUT2D eigenvalue weighted by Crippen LogP contribution is -2.28. The lowest BCUT2D eigenvalue weighted by molar-refractivity contribution is -0.123. The standard InChI is InChI=1S/C21H19NO4S/c1-25-16-9-10-18(21(24)15-6-3-2-4-7-15)19(12-16)26-14-20(23)22-13-17-8-5-11-27-17/h2-12H,13-14H2,1H3,(H,22,23). The highest BCUT2D eigenvalue weighted by atomic mass is 32.1. The van der Waals surface area contributed by atoms with Crippen LogP contribution in [0, 0.1) is 0 Å². The Balaban J connectivity index is 1.71. The van der Waals surface area contributed by atoms with Gasteiger partial charge in [0.1, 0.15) is 11.5 Å². The van der Waals surface area contributed by atoms with E-state index in [2.05, 4.69) is 5.32 Å². The SMILES string of the molecule is COc1ccc(C(=O)c2ccccc2)c(OCC(=O)NCc2cccs2)c1. The van der Waals surface area contributed by atoms with Gasteiger partial charge in [0.15, 0.2) is 12.4 Å². The summed E-state index contributed by atoms with van der Waals surface area (Å²) in [5, 5.41) is 4.75. The molecule has 0 saturated carbocycles. The molecule has 3 rings (SSSR count). The van der Waals surface area contributed by atoms with Gasteiger partial charge in [0.2, 0.25) is 0 Å². The van der Waals surface area contributed by atoms with Crippen LogP contribution in [0.5, 0.6) is 11.5 Å². The summed E-state index contributed by atoms with van der Waals surface area (Å²) >= 11 is 1.57. The van der Waals surface area contributed by atoms with Crippen molar-refractivity contribution in [2.24, 2.45) is 0 Å². The molecule has 138 valence electrons. The number of thiophene rings is 1. The molecule has 1 amide bonds. The fourth-order valence-electron chi connectivity index (χ4n) is 2.47. The second kappa shape index (κ2) is 9.00. The molecule has 1 heterocycles. The van der Waals surface area contributed by atoms with E-state index in [1.807, 2.05) is 23.6 Å². The third kappa shape index (κ3) is 4.95. The topological polar surface area (TPSA) is 64.6 Å². The number of hydrogen-bond acceptors (Lipinski definition) is 5. The molecule has 27 heavy (non-hydrogen) atoms. The molecule has 2 aromatic carbocycles. The van der Waals surface area contributed by atoms with Gasteiger partial charge in [-0.05, 0) is 23.6 Å². The maximum Gasteiger partial charge on any atom is 0.258 e. The Labute approximate surface area is 161 Å². The highest BCUT2D eigenvalue weighted by molar-refractivity contribution is 7.09. The molecule has 0 radical (unpaired) electrons. The van der Waals surface area contributed by atoms with E-state index in [1.165, 1.54) is 7.11 Å². The summed E-state index contributed by atoms with van der Waals surface area (Å²) in [6, 6.07) is 17.8. The van der Waals surface area contributed by atoms with Crippen molar-refractivity contribution < 1.29 is 19.1 Å². The highest BCUT2D eigenvalue weighted by Crippen LogP contribution is 2.27. The third-order valence-corrected chi connectivity index (χ3v) is 4.74. The van der Waals surface area contributed by atoms with Gasteiger partial charge < -0.3 is 14.8 Å². The van der Waals surface area contributed by atoms with E-state index in [-0.39, 0.29) is 18.3 Å². The molecule has 0 aliphatic heterocycles. The Hall–Kier alpha value is -3.12. The predicted octanol–water partition coefficient (Wildman–Crippen LogP) is 3.68. The van der Waals surface area contributed by atoms with Crippen LogP contribution in [0.25, 0.3) is 0 Å². The summed E-state index contributed by atoms with van der Waals surface area (Å²) in [5.74, 6) is 0.430. The van der Waals surface area contributed by atoms with E-state index in [4.69, 9.17) is 9.47 Å². The van der Waals surface area contributed by atoms with E-state index in [0.717, 1.165) is 4.88 Å². The Morgan fingerprint density at radius 2 is 1.85 bits per heavy atom. The molecule has 0 atom stereocenters. The molecule has 0 aliphatic rings. The Kier molecular flexibility index (Phi) is 6.22. The monoisotopic (exact) mass is 381 g/mol. The van der Waals surface area contributed by atoms with Crippen molar-refractivity contribution in [2.75, 3.05) is 13.7 Å². The number of carbonyl (C=O) groups excluding carboxylic acids is 2. The molecule has 0 fully saturated rings. The summed E-state index contributed by atoms with van der Waals surface area (Å²) in [7, 11) is 1.53. The second-order valence-electron chi connectivity index (χ2n) is 5.70. The van der Waals surface area contributed by atoms with Crippen LogP contribution in [0.1, 0.15) is 20.8 Å². The third-order valence-electron chi connectivity index (χ3n) is 3.87. The number of amides is 1.